The highest BCUT2D eigenvalue weighted by molar-refractivity contribution is 9.10. The van der Waals surface area contributed by atoms with Gasteiger partial charge in [0, 0.05) is 0 Å². The van der Waals surface area contributed by atoms with Crippen LogP contribution in [0.4, 0.5) is 6.01 Å². The molecule has 0 aliphatic carbocycles. The molecule has 1 amide bonds. The topological polar surface area (TPSA) is 81.2 Å². The van der Waals surface area contributed by atoms with E-state index in [2.05, 4.69) is 31.4 Å². The van der Waals surface area contributed by atoms with Crippen molar-refractivity contribution in [1.82, 2.24) is 10.2 Å². The summed E-state index contributed by atoms with van der Waals surface area (Å²) in [5.41, 5.74) is 0.907. The standard InChI is InChI=1S/C14H10BrN3O3/c15-11-7-6-10(20-11)13-17-18-14(21-13)16-12(19)8-9-4-2-1-3-5-9/h1-7H,8H2,(H,16,18,19). The SMILES string of the molecule is O=C(Cc1ccccc1)Nc1nnc(-c2ccc(Br)o2)o1. The predicted octanol–water partition coefficient (Wildman–Crippen LogP) is 3.27. The van der Waals surface area contributed by atoms with Gasteiger partial charge in [0.25, 0.3) is 5.89 Å². The zero-order chi connectivity index (χ0) is 14.7. The predicted molar refractivity (Wildman–Crippen MR) is 78.5 cm³/mol. The molecule has 2 aromatic heterocycles. The molecule has 0 aliphatic rings. The van der Waals surface area contributed by atoms with Gasteiger partial charge in [0.1, 0.15) is 0 Å². The first-order valence-corrected chi connectivity index (χ1v) is 6.93. The molecular weight excluding hydrogens is 338 g/mol. The molecule has 0 atom stereocenters. The molecule has 21 heavy (non-hydrogen) atoms. The molecule has 3 aromatic rings. The molecule has 1 aromatic carbocycles. The first-order valence-electron chi connectivity index (χ1n) is 6.14. The van der Waals surface area contributed by atoms with Gasteiger partial charge >= 0.3 is 6.01 Å². The maximum absolute atomic E-state index is 11.9. The normalized spacial score (nSPS) is 10.5. The van der Waals surface area contributed by atoms with Crippen LogP contribution in [-0.4, -0.2) is 16.1 Å². The molecule has 7 heteroatoms. The number of hydrogen-bond donors (Lipinski definition) is 1. The van der Waals surface area contributed by atoms with Gasteiger partial charge in [-0.2, -0.15) is 0 Å². The van der Waals surface area contributed by atoms with Crippen LogP contribution in [0.3, 0.4) is 0 Å². The third-order valence-corrected chi connectivity index (χ3v) is 3.09. The third kappa shape index (κ3) is 3.38. The largest absolute Gasteiger partial charge is 0.444 e. The van der Waals surface area contributed by atoms with Crippen LogP contribution in [0.15, 0.2) is 56.0 Å². The molecule has 0 unspecified atom stereocenters. The molecule has 0 saturated carbocycles. The number of furan rings is 1. The van der Waals surface area contributed by atoms with E-state index < -0.39 is 0 Å². The van der Waals surface area contributed by atoms with E-state index in [-0.39, 0.29) is 24.2 Å². The maximum atomic E-state index is 11.9. The fraction of sp³-hybridized carbons (Fsp3) is 0.0714. The van der Waals surface area contributed by atoms with Crippen molar-refractivity contribution >= 4 is 27.9 Å². The molecule has 0 spiro atoms. The summed E-state index contributed by atoms with van der Waals surface area (Å²) in [5.74, 6) is 0.408. The van der Waals surface area contributed by atoms with Gasteiger partial charge in [0.15, 0.2) is 10.4 Å². The van der Waals surface area contributed by atoms with Crippen LogP contribution < -0.4 is 5.32 Å². The Kier molecular flexibility index (Phi) is 3.83. The van der Waals surface area contributed by atoms with E-state index >= 15 is 0 Å². The first-order chi connectivity index (χ1) is 10.2. The fourth-order valence-electron chi connectivity index (χ4n) is 1.75. The van der Waals surface area contributed by atoms with Crippen LogP contribution >= 0.6 is 15.9 Å². The lowest BCUT2D eigenvalue weighted by Gasteiger charge is -2.00. The van der Waals surface area contributed by atoms with Crippen molar-refractivity contribution in [2.45, 2.75) is 6.42 Å². The lowest BCUT2D eigenvalue weighted by Crippen LogP contribution is -2.14. The van der Waals surface area contributed by atoms with Gasteiger partial charge in [-0.3, -0.25) is 10.1 Å². The van der Waals surface area contributed by atoms with Crippen molar-refractivity contribution in [1.29, 1.82) is 0 Å². The van der Waals surface area contributed by atoms with Crippen LogP contribution in [0.2, 0.25) is 0 Å². The highest BCUT2D eigenvalue weighted by Crippen LogP contribution is 2.24. The molecular formula is C14H10BrN3O3. The van der Waals surface area contributed by atoms with Gasteiger partial charge in [0.2, 0.25) is 5.91 Å². The Morgan fingerprint density at radius 2 is 1.90 bits per heavy atom. The number of anilines is 1. The second-order valence-electron chi connectivity index (χ2n) is 4.23. The second-order valence-corrected chi connectivity index (χ2v) is 5.01. The zero-order valence-electron chi connectivity index (χ0n) is 10.7. The molecule has 0 aliphatic heterocycles. The van der Waals surface area contributed by atoms with E-state index in [4.69, 9.17) is 8.83 Å². The number of rotatable bonds is 4. The summed E-state index contributed by atoms with van der Waals surface area (Å²) in [4.78, 5) is 11.9. The summed E-state index contributed by atoms with van der Waals surface area (Å²) >= 11 is 3.19. The second kappa shape index (κ2) is 5.92. The molecule has 1 N–H and O–H groups in total. The number of hydrogen-bond acceptors (Lipinski definition) is 5. The Bertz CT molecular complexity index is 752. The summed E-state index contributed by atoms with van der Waals surface area (Å²) in [5, 5.41) is 10.1. The van der Waals surface area contributed by atoms with E-state index in [1.54, 1.807) is 12.1 Å². The third-order valence-electron chi connectivity index (χ3n) is 2.66. The summed E-state index contributed by atoms with van der Waals surface area (Å²) in [6.45, 7) is 0. The number of nitrogens with zero attached hydrogens (tertiary/aromatic N) is 2. The van der Waals surface area contributed by atoms with Crippen LogP contribution in [0.1, 0.15) is 5.56 Å². The van der Waals surface area contributed by atoms with Gasteiger partial charge in [0.05, 0.1) is 6.42 Å². The van der Waals surface area contributed by atoms with Gasteiger partial charge in [-0.15, -0.1) is 5.10 Å². The van der Waals surface area contributed by atoms with E-state index in [1.165, 1.54) is 0 Å². The molecule has 6 nitrogen and oxygen atoms in total. The number of halogens is 1. The van der Waals surface area contributed by atoms with Crippen LogP contribution in [0, 0.1) is 0 Å². The van der Waals surface area contributed by atoms with Crippen molar-refractivity contribution in [3.05, 3.63) is 52.7 Å². The minimum Gasteiger partial charge on any atom is -0.444 e. The van der Waals surface area contributed by atoms with E-state index in [9.17, 15) is 4.79 Å². The monoisotopic (exact) mass is 347 g/mol. The number of carbonyl (C=O) groups excluding carboxylic acids is 1. The van der Waals surface area contributed by atoms with Crippen LogP contribution in [0.5, 0.6) is 0 Å². The average Bonchev–Trinajstić information content (AvgIpc) is 3.09. The molecule has 106 valence electrons. The quantitative estimate of drug-likeness (QED) is 0.783. The summed E-state index contributed by atoms with van der Waals surface area (Å²) in [6.07, 6.45) is 0.241. The minimum absolute atomic E-state index is 0.0402. The van der Waals surface area contributed by atoms with E-state index in [0.29, 0.717) is 10.4 Å². The molecule has 0 saturated heterocycles. The Balaban J connectivity index is 1.66. The van der Waals surface area contributed by atoms with Crippen molar-refractivity contribution in [3.63, 3.8) is 0 Å². The van der Waals surface area contributed by atoms with Gasteiger partial charge < -0.3 is 8.83 Å². The van der Waals surface area contributed by atoms with E-state index in [0.717, 1.165) is 5.56 Å². The number of aromatic nitrogens is 2. The number of amides is 1. The zero-order valence-corrected chi connectivity index (χ0v) is 12.3. The van der Waals surface area contributed by atoms with Crippen molar-refractivity contribution in [3.8, 4) is 11.7 Å². The van der Waals surface area contributed by atoms with Gasteiger partial charge in [-0.05, 0) is 33.6 Å². The van der Waals surface area contributed by atoms with Gasteiger partial charge in [-0.1, -0.05) is 35.4 Å². The Hall–Kier alpha value is -2.41. The lowest BCUT2D eigenvalue weighted by molar-refractivity contribution is -0.115. The van der Waals surface area contributed by atoms with Crippen LogP contribution in [0.25, 0.3) is 11.7 Å². The smallest absolute Gasteiger partial charge is 0.322 e. The van der Waals surface area contributed by atoms with Crippen molar-refractivity contribution < 1.29 is 13.6 Å². The molecule has 0 radical (unpaired) electrons. The highest BCUT2D eigenvalue weighted by Gasteiger charge is 2.14. The Morgan fingerprint density at radius 1 is 1.10 bits per heavy atom. The molecule has 0 fully saturated rings. The number of benzene rings is 1. The molecule has 2 heterocycles. The Morgan fingerprint density at radius 3 is 2.62 bits per heavy atom. The van der Waals surface area contributed by atoms with E-state index in [1.807, 2.05) is 30.3 Å². The van der Waals surface area contributed by atoms with Crippen molar-refractivity contribution in [2.24, 2.45) is 0 Å². The summed E-state index contributed by atoms with van der Waals surface area (Å²) < 4.78 is 11.2. The summed E-state index contributed by atoms with van der Waals surface area (Å²) in [6, 6.07) is 12.8. The number of nitrogens with one attached hydrogen (secondary N) is 1. The molecule has 3 rings (SSSR count). The number of carbonyl (C=O) groups is 1. The maximum Gasteiger partial charge on any atom is 0.322 e. The minimum atomic E-state index is -0.225. The lowest BCUT2D eigenvalue weighted by atomic mass is 10.1. The highest BCUT2D eigenvalue weighted by atomic mass is 79.9. The Labute approximate surface area is 128 Å². The molecule has 0 bridgehead atoms. The average molecular weight is 348 g/mol. The van der Waals surface area contributed by atoms with Crippen molar-refractivity contribution in [2.75, 3.05) is 5.32 Å². The van der Waals surface area contributed by atoms with Gasteiger partial charge in [-0.25, -0.2) is 0 Å². The summed E-state index contributed by atoms with van der Waals surface area (Å²) in [7, 11) is 0. The first kappa shape index (κ1) is 13.6. The van der Waals surface area contributed by atoms with Crippen LogP contribution in [-0.2, 0) is 11.2 Å². The fourth-order valence-corrected chi connectivity index (χ4v) is 2.05.